The molecule has 7 nitrogen and oxygen atoms in total. The smallest absolute Gasteiger partial charge is 0.357 e. The average Bonchev–Trinajstić information content (AvgIpc) is 3.07. The third-order valence-corrected chi connectivity index (χ3v) is 6.31. The molecule has 2 aromatic rings. The molecule has 1 aliphatic rings. The number of halogens is 4. The van der Waals surface area contributed by atoms with E-state index in [4.69, 9.17) is 0 Å². The van der Waals surface area contributed by atoms with Gasteiger partial charge in [0.2, 0.25) is 0 Å². The van der Waals surface area contributed by atoms with Gasteiger partial charge in [-0.1, -0.05) is 18.2 Å². The van der Waals surface area contributed by atoms with Crippen LogP contribution in [0.4, 0.5) is 13.2 Å². The summed E-state index contributed by atoms with van der Waals surface area (Å²) in [5, 5.41) is 7.40. The van der Waals surface area contributed by atoms with Crippen LogP contribution in [0.25, 0.3) is 10.9 Å². The summed E-state index contributed by atoms with van der Waals surface area (Å²) in [6.07, 6.45) is 0.533. The van der Waals surface area contributed by atoms with Gasteiger partial charge in [0.25, 0.3) is 0 Å². The molecule has 0 bridgehead atoms. The molecule has 0 aliphatic carbocycles. The van der Waals surface area contributed by atoms with Crippen LogP contribution >= 0.6 is 24.0 Å². The Labute approximate surface area is 184 Å². The molecule has 1 saturated heterocycles. The summed E-state index contributed by atoms with van der Waals surface area (Å²) in [6, 6.07) is 9.76. The second-order valence-electron chi connectivity index (χ2n) is 6.58. The maximum Gasteiger partial charge on any atom is 0.511 e. The maximum absolute atomic E-state index is 12.6. The van der Waals surface area contributed by atoms with Gasteiger partial charge in [0.1, 0.15) is 0 Å². The number of piperidine rings is 1. The number of aromatic amines is 1. The molecule has 12 heteroatoms. The van der Waals surface area contributed by atoms with Crippen LogP contribution in [0, 0.1) is 0 Å². The first-order valence-corrected chi connectivity index (χ1v) is 10.2. The van der Waals surface area contributed by atoms with Gasteiger partial charge in [-0.25, -0.2) is 8.42 Å². The van der Waals surface area contributed by atoms with Gasteiger partial charge in [0.15, 0.2) is 5.96 Å². The lowest BCUT2D eigenvalue weighted by Crippen LogP contribution is -2.51. The van der Waals surface area contributed by atoms with E-state index in [0.29, 0.717) is 16.8 Å². The van der Waals surface area contributed by atoms with E-state index in [1.165, 1.54) is 0 Å². The van der Waals surface area contributed by atoms with Crippen molar-refractivity contribution in [1.82, 2.24) is 19.9 Å². The SMILES string of the molecule is CN=C(NCc1cc2ccccc2[nH]1)NC1CCN(S(=O)(=O)C(F)(F)F)CC1.I. The predicted molar refractivity (Wildman–Crippen MR) is 117 cm³/mol. The largest absolute Gasteiger partial charge is 0.511 e. The van der Waals surface area contributed by atoms with Gasteiger partial charge in [0, 0.05) is 37.4 Å². The molecular formula is C17H23F3IN5O2S. The van der Waals surface area contributed by atoms with Crippen LogP contribution in [0.1, 0.15) is 18.5 Å². The summed E-state index contributed by atoms with van der Waals surface area (Å²) >= 11 is 0. The summed E-state index contributed by atoms with van der Waals surface area (Å²) < 4.78 is 61.3. The quantitative estimate of drug-likeness (QED) is 0.313. The lowest BCUT2D eigenvalue weighted by atomic mass is 10.1. The highest BCUT2D eigenvalue weighted by atomic mass is 127. The highest BCUT2D eigenvalue weighted by Crippen LogP contribution is 2.28. The molecule has 0 radical (unpaired) electrons. The monoisotopic (exact) mass is 545 g/mol. The summed E-state index contributed by atoms with van der Waals surface area (Å²) in [5.74, 6) is 0.510. The van der Waals surface area contributed by atoms with Crippen LogP contribution < -0.4 is 10.6 Å². The predicted octanol–water partition coefficient (Wildman–Crippen LogP) is 2.76. The normalized spacial score (nSPS) is 17.2. The molecule has 1 fully saturated rings. The van der Waals surface area contributed by atoms with E-state index in [0.717, 1.165) is 16.6 Å². The number of aromatic nitrogens is 1. The number of rotatable bonds is 4. The van der Waals surface area contributed by atoms with E-state index in [2.05, 4.69) is 20.6 Å². The van der Waals surface area contributed by atoms with Crippen molar-refractivity contribution in [2.24, 2.45) is 4.99 Å². The van der Waals surface area contributed by atoms with Crippen LogP contribution in [0.15, 0.2) is 35.3 Å². The zero-order valence-electron chi connectivity index (χ0n) is 15.7. The van der Waals surface area contributed by atoms with Crippen molar-refractivity contribution >= 4 is 50.9 Å². The Morgan fingerprint density at radius 1 is 1.28 bits per heavy atom. The first-order valence-electron chi connectivity index (χ1n) is 8.81. The fraction of sp³-hybridized carbons (Fsp3) is 0.471. The number of hydrogen-bond donors (Lipinski definition) is 3. The van der Waals surface area contributed by atoms with Crippen molar-refractivity contribution in [3.63, 3.8) is 0 Å². The lowest BCUT2D eigenvalue weighted by molar-refractivity contribution is -0.0494. The average molecular weight is 545 g/mol. The van der Waals surface area contributed by atoms with Gasteiger partial charge in [-0.05, 0) is 30.4 Å². The zero-order chi connectivity index (χ0) is 20.4. The number of sulfonamides is 1. The summed E-state index contributed by atoms with van der Waals surface area (Å²) in [7, 11) is -3.66. The second kappa shape index (κ2) is 9.51. The third-order valence-electron chi connectivity index (χ3n) is 4.68. The van der Waals surface area contributed by atoms with Crippen molar-refractivity contribution in [3.8, 4) is 0 Å². The number of para-hydroxylation sites is 1. The summed E-state index contributed by atoms with van der Waals surface area (Å²) in [6.45, 7) is 0.132. The zero-order valence-corrected chi connectivity index (χ0v) is 18.8. The molecule has 0 saturated carbocycles. The van der Waals surface area contributed by atoms with Crippen LogP contribution in [0.2, 0.25) is 0 Å². The molecule has 3 rings (SSSR count). The molecule has 1 aromatic heterocycles. The van der Waals surface area contributed by atoms with Crippen molar-refractivity contribution < 1.29 is 21.6 Å². The molecule has 1 aliphatic heterocycles. The second-order valence-corrected chi connectivity index (χ2v) is 8.51. The van der Waals surface area contributed by atoms with E-state index in [9.17, 15) is 21.6 Å². The molecule has 0 unspecified atom stereocenters. The van der Waals surface area contributed by atoms with Crippen molar-refractivity contribution in [2.45, 2.75) is 30.9 Å². The van der Waals surface area contributed by atoms with Crippen molar-refractivity contribution in [3.05, 3.63) is 36.0 Å². The van der Waals surface area contributed by atoms with Crippen LogP contribution in [0.3, 0.4) is 0 Å². The minimum atomic E-state index is -5.26. The van der Waals surface area contributed by atoms with Crippen molar-refractivity contribution in [2.75, 3.05) is 20.1 Å². The van der Waals surface area contributed by atoms with Gasteiger partial charge in [-0.2, -0.15) is 17.5 Å². The molecule has 162 valence electrons. The number of guanidine groups is 1. The highest BCUT2D eigenvalue weighted by molar-refractivity contribution is 14.0. The molecule has 1 aromatic carbocycles. The Hall–Kier alpha value is -1.54. The number of hydrogen-bond acceptors (Lipinski definition) is 3. The van der Waals surface area contributed by atoms with Crippen LogP contribution in [-0.4, -0.2) is 55.4 Å². The first-order chi connectivity index (χ1) is 13.2. The Morgan fingerprint density at radius 3 is 2.52 bits per heavy atom. The topological polar surface area (TPSA) is 89.6 Å². The standard InChI is InChI=1S/C17H22F3N5O2S.HI/c1-21-16(22-11-14-10-12-4-2-3-5-15(12)23-14)24-13-6-8-25(9-7-13)28(26,27)17(18,19)20;/h2-5,10,13,23H,6-9,11H2,1H3,(H2,21,22,24);1H. The van der Waals surface area contributed by atoms with E-state index < -0.39 is 15.5 Å². The van der Waals surface area contributed by atoms with Crippen LogP contribution in [-0.2, 0) is 16.6 Å². The van der Waals surface area contributed by atoms with E-state index in [1.54, 1.807) is 7.05 Å². The van der Waals surface area contributed by atoms with Crippen LogP contribution in [0.5, 0.6) is 0 Å². The fourth-order valence-electron chi connectivity index (χ4n) is 3.18. The fourth-order valence-corrected chi connectivity index (χ4v) is 4.17. The molecular weight excluding hydrogens is 522 g/mol. The number of aliphatic imine (C=N–C) groups is 1. The van der Waals surface area contributed by atoms with E-state index in [1.807, 2.05) is 30.3 Å². The first kappa shape index (κ1) is 23.7. The molecule has 0 spiro atoms. The minimum Gasteiger partial charge on any atom is -0.357 e. The van der Waals surface area contributed by atoms with Gasteiger partial charge in [0.05, 0.1) is 6.54 Å². The van der Waals surface area contributed by atoms with E-state index in [-0.39, 0.29) is 55.9 Å². The Morgan fingerprint density at radius 2 is 1.93 bits per heavy atom. The Balaban J connectivity index is 0.00000300. The van der Waals surface area contributed by atoms with Gasteiger partial charge >= 0.3 is 15.5 Å². The Kier molecular flexibility index (Phi) is 7.79. The maximum atomic E-state index is 12.6. The number of alkyl halides is 3. The third kappa shape index (κ3) is 5.54. The number of benzene rings is 1. The molecule has 2 heterocycles. The lowest BCUT2D eigenvalue weighted by Gasteiger charge is -2.32. The molecule has 3 N–H and O–H groups in total. The highest BCUT2D eigenvalue weighted by Gasteiger charge is 2.50. The molecule has 0 amide bonds. The number of nitrogens with one attached hydrogen (secondary N) is 3. The molecule has 29 heavy (non-hydrogen) atoms. The summed E-state index contributed by atoms with van der Waals surface area (Å²) in [5.41, 5.74) is -3.26. The van der Waals surface area contributed by atoms with Gasteiger partial charge in [-0.3, -0.25) is 4.99 Å². The number of fused-ring (bicyclic) bond motifs is 1. The number of nitrogens with zero attached hydrogens (tertiary/aromatic N) is 2. The molecule has 0 atom stereocenters. The van der Waals surface area contributed by atoms with E-state index >= 15 is 0 Å². The van der Waals surface area contributed by atoms with Crippen molar-refractivity contribution in [1.29, 1.82) is 0 Å². The Bertz CT molecular complexity index is 920. The van der Waals surface area contributed by atoms with Gasteiger partial charge in [-0.15, -0.1) is 24.0 Å². The van der Waals surface area contributed by atoms with Gasteiger partial charge < -0.3 is 15.6 Å². The summed E-state index contributed by atoms with van der Waals surface area (Å²) in [4.78, 5) is 7.42. The number of H-pyrrole nitrogens is 1. The minimum absolute atomic E-state index is 0.